The Labute approximate surface area is 147 Å². The largest absolute Gasteiger partial charge is 0.371 e. The maximum absolute atomic E-state index is 12.2. The predicted octanol–water partition coefficient (Wildman–Crippen LogP) is -0.0443. The van der Waals surface area contributed by atoms with Crippen LogP contribution in [-0.2, 0) is 14.6 Å². The summed E-state index contributed by atoms with van der Waals surface area (Å²) in [4.78, 5) is 28.1. The van der Waals surface area contributed by atoms with E-state index in [9.17, 15) is 18.0 Å². The first-order chi connectivity index (χ1) is 11.8. The molecule has 2 heterocycles. The second-order valence-corrected chi connectivity index (χ2v) is 8.68. The van der Waals surface area contributed by atoms with Gasteiger partial charge in [0.25, 0.3) is 0 Å². The van der Waals surface area contributed by atoms with E-state index < -0.39 is 27.8 Å². The number of amides is 3. The molecule has 1 atom stereocenters. The molecule has 0 radical (unpaired) electrons. The topological polar surface area (TPSA) is 98.8 Å². The van der Waals surface area contributed by atoms with Crippen LogP contribution in [0.25, 0.3) is 0 Å². The normalized spacial score (nSPS) is 21.6. The van der Waals surface area contributed by atoms with Gasteiger partial charge in [-0.1, -0.05) is 12.1 Å². The van der Waals surface area contributed by atoms with Crippen molar-refractivity contribution in [2.75, 3.05) is 48.0 Å². The summed E-state index contributed by atoms with van der Waals surface area (Å²) in [5, 5.41) is 4.84. The fourth-order valence-corrected chi connectivity index (χ4v) is 4.87. The van der Waals surface area contributed by atoms with E-state index in [1.54, 1.807) is 0 Å². The maximum atomic E-state index is 12.2. The number of sulfone groups is 1. The highest BCUT2D eigenvalue weighted by Gasteiger charge is 2.29. The average molecular weight is 366 g/mol. The Morgan fingerprint density at radius 3 is 2.60 bits per heavy atom. The molecule has 2 N–H and O–H groups in total. The number of nitrogens with zero attached hydrogens (tertiary/aromatic N) is 2. The zero-order chi connectivity index (χ0) is 18.0. The maximum Gasteiger partial charge on any atom is 0.321 e. The molecule has 8 nitrogen and oxygen atoms in total. The van der Waals surface area contributed by atoms with Gasteiger partial charge in [-0.3, -0.25) is 10.1 Å². The van der Waals surface area contributed by atoms with Gasteiger partial charge in [0, 0.05) is 26.2 Å². The summed E-state index contributed by atoms with van der Waals surface area (Å²) >= 11 is 0. The van der Waals surface area contributed by atoms with E-state index in [-0.39, 0.29) is 18.1 Å². The van der Waals surface area contributed by atoms with E-state index in [1.807, 2.05) is 36.2 Å². The molecule has 1 unspecified atom stereocenters. The molecule has 1 aromatic carbocycles. The molecule has 1 aromatic rings. The second kappa shape index (κ2) is 6.91. The molecule has 0 bridgehead atoms. The fourth-order valence-electron chi connectivity index (χ4n) is 3.20. The monoisotopic (exact) mass is 366 g/mol. The summed E-state index contributed by atoms with van der Waals surface area (Å²) in [6.07, 6.45) is 0.385. The van der Waals surface area contributed by atoms with Gasteiger partial charge in [0.2, 0.25) is 5.91 Å². The van der Waals surface area contributed by atoms with Crippen LogP contribution >= 0.6 is 0 Å². The van der Waals surface area contributed by atoms with Gasteiger partial charge in [0.1, 0.15) is 0 Å². The summed E-state index contributed by atoms with van der Waals surface area (Å²) in [6, 6.07) is 6.73. The van der Waals surface area contributed by atoms with E-state index >= 15 is 0 Å². The van der Waals surface area contributed by atoms with Crippen molar-refractivity contribution in [2.24, 2.45) is 0 Å². The van der Waals surface area contributed by atoms with Crippen LogP contribution in [0.1, 0.15) is 6.42 Å². The van der Waals surface area contributed by atoms with Crippen LogP contribution in [0, 0.1) is 0 Å². The quantitative estimate of drug-likeness (QED) is 0.779. The minimum Gasteiger partial charge on any atom is -0.371 e. The first-order valence-corrected chi connectivity index (χ1v) is 10.0. The SMILES string of the molecule is CN1CCN(CC(=O)NC(=O)NC2CCS(=O)(=O)C2)c2ccccc21. The van der Waals surface area contributed by atoms with Crippen molar-refractivity contribution in [2.45, 2.75) is 12.5 Å². The number of nitrogens with one attached hydrogen (secondary N) is 2. The van der Waals surface area contributed by atoms with Gasteiger partial charge in [-0.15, -0.1) is 0 Å². The van der Waals surface area contributed by atoms with E-state index in [4.69, 9.17) is 0 Å². The van der Waals surface area contributed by atoms with Crippen molar-refractivity contribution in [3.63, 3.8) is 0 Å². The van der Waals surface area contributed by atoms with Gasteiger partial charge in [0.15, 0.2) is 9.84 Å². The number of anilines is 2. The molecule has 0 aromatic heterocycles. The number of rotatable bonds is 3. The van der Waals surface area contributed by atoms with Crippen molar-refractivity contribution in [3.8, 4) is 0 Å². The summed E-state index contributed by atoms with van der Waals surface area (Å²) < 4.78 is 22.8. The Bertz CT molecular complexity index is 780. The lowest BCUT2D eigenvalue weighted by molar-refractivity contribution is -0.118. The lowest BCUT2D eigenvalue weighted by Crippen LogP contribution is -2.49. The van der Waals surface area contributed by atoms with Gasteiger partial charge in [-0.05, 0) is 18.6 Å². The number of imide groups is 1. The summed E-state index contributed by atoms with van der Waals surface area (Å²) in [7, 11) is -1.07. The molecular formula is C16H22N4O4S. The molecule has 3 amide bonds. The smallest absolute Gasteiger partial charge is 0.321 e. The van der Waals surface area contributed by atoms with Crippen LogP contribution in [0.3, 0.4) is 0 Å². The van der Waals surface area contributed by atoms with Crippen LogP contribution < -0.4 is 20.4 Å². The average Bonchev–Trinajstić information content (AvgIpc) is 2.89. The van der Waals surface area contributed by atoms with Gasteiger partial charge >= 0.3 is 6.03 Å². The van der Waals surface area contributed by atoms with Gasteiger partial charge in [-0.25, -0.2) is 13.2 Å². The Hall–Kier alpha value is -2.29. The molecule has 2 aliphatic heterocycles. The zero-order valence-corrected chi connectivity index (χ0v) is 14.9. The van der Waals surface area contributed by atoms with Gasteiger partial charge in [-0.2, -0.15) is 0 Å². The number of urea groups is 1. The molecule has 9 heteroatoms. The number of para-hydroxylation sites is 2. The Morgan fingerprint density at radius 1 is 1.20 bits per heavy atom. The van der Waals surface area contributed by atoms with Crippen molar-refractivity contribution < 1.29 is 18.0 Å². The summed E-state index contributed by atoms with van der Waals surface area (Å²) in [5.41, 5.74) is 2.00. The third-order valence-electron chi connectivity index (χ3n) is 4.49. The first kappa shape index (κ1) is 17.5. The van der Waals surface area contributed by atoms with Crippen LogP contribution in [-0.4, -0.2) is 64.6 Å². The Kier molecular flexibility index (Phi) is 4.85. The molecule has 0 spiro atoms. The minimum absolute atomic E-state index is 0.0690. The molecule has 0 aliphatic carbocycles. The molecule has 136 valence electrons. The van der Waals surface area contributed by atoms with E-state index in [1.165, 1.54) is 0 Å². The van der Waals surface area contributed by atoms with Crippen molar-refractivity contribution >= 4 is 33.2 Å². The number of carbonyl (C=O) groups is 2. The molecule has 2 aliphatic rings. The Balaban J connectivity index is 1.55. The number of hydrogen-bond acceptors (Lipinski definition) is 6. The molecule has 0 saturated carbocycles. The number of carbonyl (C=O) groups excluding carboxylic acids is 2. The number of fused-ring (bicyclic) bond motifs is 1. The lowest BCUT2D eigenvalue weighted by atomic mass is 10.2. The highest BCUT2D eigenvalue weighted by atomic mass is 32.2. The zero-order valence-electron chi connectivity index (χ0n) is 14.1. The fraction of sp³-hybridized carbons (Fsp3) is 0.500. The molecule has 1 fully saturated rings. The van der Waals surface area contributed by atoms with Gasteiger partial charge < -0.3 is 15.1 Å². The second-order valence-electron chi connectivity index (χ2n) is 6.45. The number of hydrogen-bond donors (Lipinski definition) is 2. The van der Waals surface area contributed by atoms with Crippen molar-refractivity contribution in [3.05, 3.63) is 24.3 Å². The van der Waals surface area contributed by atoms with Gasteiger partial charge in [0.05, 0.1) is 29.4 Å². The van der Waals surface area contributed by atoms with Crippen LogP contribution in [0.15, 0.2) is 24.3 Å². The Morgan fingerprint density at radius 2 is 1.92 bits per heavy atom. The van der Waals surface area contributed by atoms with Crippen LogP contribution in [0.4, 0.5) is 16.2 Å². The number of likely N-dealkylation sites (N-methyl/N-ethyl adjacent to an activating group) is 1. The van der Waals surface area contributed by atoms with Crippen molar-refractivity contribution in [1.82, 2.24) is 10.6 Å². The standard InChI is InChI=1S/C16H22N4O4S/c1-19-7-8-20(14-5-3-2-4-13(14)19)10-15(21)18-16(22)17-12-6-9-25(23,24)11-12/h2-5,12H,6-11H2,1H3,(H2,17,18,21,22). The van der Waals surface area contributed by atoms with E-state index in [0.29, 0.717) is 13.0 Å². The summed E-state index contributed by atoms with van der Waals surface area (Å²) in [5.74, 6) is -0.414. The highest BCUT2D eigenvalue weighted by Crippen LogP contribution is 2.31. The van der Waals surface area contributed by atoms with Crippen LogP contribution in [0.5, 0.6) is 0 Å². The minimum atomic E-state index is -3.07. The lowest BCUT2D eigenvalue weighted by Gasteiger charge is -2.36. The van der Waals surface area contributed by atoms with E-state index in [0.717, 1.165) is 17.9 Å². The summed E-state index contributed by atoms with van der Waals surface area (Å²) in [6.45, 7) is 1.54. The first-order valence-electron chi connectivity index (χ1n) is 8.20. The molecule has 1 saturated heterocycles. The molecular weight excluding hydrogens is 344 g/mol. The van der Waals surface area contributed by atoms with Crippen LogP contribution in [0.2, 0.25) is 0 Å². The van der Waals surface area contributed by atoms with E-state index in [2.05, 4.69) is 15.5 Å². The number of benzene rings is 1. The molecule has 25 heavy (non-hydrogen) atoms. The third kappa shape index (κ3) is 4.22. The predicted molar refractivity (Wildman–Crippen MR) is 95.7 cm³/mol. The molecule has 3 rings (SSSR count). The van der Waals surface area contributed by atoms with Crippen molar-refractivity contribution in [1.29, 1.82) is 0 Å². The third-order valence-corrected chi connectivity index (χ3v) is 6.26. The highest BCUT2D eigenvalue weighted by molar-refractivity contribution is 7.91.